The fourth-order valence-corrected chi connectivity index (χ4v) is 1.90. The average Bonchev–Trinajstić information content (AvgIpc) is 2.47. The van der Waals surface area contributed by atoms with Gasteiger partial charge in [0.2, 0.25) is 5.91 Å². The maximum Gasteiger partial charge on any atom is 0.224 e. The Bertz CT molecular complexity index is 556. The zero-order valence-electron chi connectivity index (χ0n) is 12.5. The number of nitrogens with one attached hydrogen (secondary N) is 1. The minimum atomic E-state index is -0.0981. The summed E-state index contributed by atoms with van der Waals surface area (Å²) in [6.45, 7) is 2.75. The fraction of sp³-hybridized carbons (Fsp3) is 0.438. The molecular formula is C16H20N4O. The molecule has 0 aliphatic heterocycles. The van der Waals surface area contributed by atoms with Crippen molar-refractivity contribution >= 4 is 11.6 Å². The Morgan fingerprint density at radius 1 is 1.38 bits per heavy atom. The Balaban J connectivity index is 2.39. The summed E-state index contributed by atoms with van der Waals surface area (Å²) >= 11 is 0. The molecule has 0 bridgehead atoms. The molecule has 1 atom stereocenters. The van der Waals surface area contributed by atoms with Crippen LogP contribution < -0.4 is 5.32 Å². The summed E-state index contributed by atoms with van der Waals surface area (Å²) in [5.41, 5.74) is 1.02. The largest absolute Gasteiger partial charge is 0.325 e. The first kappa shape index (κ1) is 16.7. The van der Waals surface area contributed by atoms with Crippen molar-refractivity contribution in [3.8, 4) is 12.1 Å². The van der Waals surface area contributed by atoms with Crippen LogP contribution in [0.2, 0.25) is 0 Å². The highest BCUT2D eigenvalue weighted by Crippen LogP contribution is 2.14. The van der Waals surface area contributed by atoms with Crippen LogP contribution in [-0.2, 0) is 4.79 Å². The van der Waals surface area contributed by atoms with Gasteiger partial charge < -0.3 is 10.2 Å². The van der Waals surface area contributed by atoms with Gasteiger partial charge in [0.05, 0.1) is 23.7 Å². The standard InChI is InChI=1S/C16H20N4O/c1-13(9-10-17)20(2)11-5-8-16(21)19-15-7-4-3-6-14(15)12-18/h3-4,6-7,13H,5,8-9,11H2,1-2H3,(H,19,21). The number of anilines is 1. The summed E-state index contributed by atoms with van der Waals surface area (Å²) in [6, 6.07) is 11.3. The molecule has 0 aliphatic rings. The quantitative estimate of drug-likeness (QED) is 0.834. The molecule has 5 heteroatoms. The lowest BCUT2D eigenvalue weighted by molar-refractivity contribution is -0.116. The summed E-state index contributed by atoms with van der Waals surface area (Å²) in [5.74, 6) is -0.0981. The summed E-state index contributed by atoms with van der Waals surface area (Å²) in [7, 11) is 1.95. The number of nitriles is 2. The number of hydrogen-bond donors (Lipinski definition) is 1. The van der Waals surface area contributed by atoms with Crippen molar-refractivity contribution in [1.29, 1.82) is 10.5 Å². The van der Waals surface area contributed by atoms with Gasteiger partial charge in [-0.1, -0.05) is 12.1 Å². The van der Waals surface area contributed by atoms with Gasteiger partial charge in [-0.25, -0.2) is 0 Å². The number of hydrogen-bond acceptors (Lipinski definition) is 4. The summed E-state index contributed by atoms with van der Waals surface area (Å²) in [5, 5.41) is 20.4. The number of carbonyl (C=O) groups is 1. The number of benzene rings is 1. The summed E-state index contributed by atoms with van der Waals surface area (Å²) < 4.78 is 0. The van der Waals surface area contributed by atoms with Crippen molar-refractivity contribution in [2.45, 2.75) is 32.2 Å². The van der Waals surface area contributed by atoms with E-state index in [2.05, 4.69) is 22.4 Å². The third kappa shape index (κ3) is 5.64. The Hall–Kier alpha value is -2.37. The molecule has 0 aromatic heterocycles. The lowest BCUT2D eigenvalue weighted by atomic mass is 10.2. The second-order valence-electron chi connectivity index (χ2n) is 5.00. The van der Waals surface area contributed by atoms with Gasteiger partial charge in [-0.05, 0) is 39.1 Å². The van der Waals surface area contributed by atoms with E-state index in [0.717, 1.165) is 6.54 Å². The van der Waals surface area contributed by atoms with E-state index in [9.17, 15) is 4.79 Å². The highest BCUT2D eigenvalue weighted by atomic mass is 16.1. The average molecular weight is 284 g/mol. The molecule has 0 fully saturated rings. The number of carbonyl (C=O) groups excluding carboxylic acids is 1. The Morgan fingerprint density at radius 2 is 2.10 bits per heavy atom. The van der Waals surface area contributed by atoms with E-state index >= 15 is 0 Å². The molecule has 0 saturated carbocycles. The van der Waals surface area contributed by atoms with Crippen LogP contribution in [0, 0.1) is 22.7 Å². The molecule has 5 nitrogen and oxygen atoms in total. The molecule has 1 unspecified atom stereocenters. The normalized spacial score (nSPS) is 11.5. The minimum absolute atomic E-state index is 0.0981. The molecule has 0 spiro atoms. The van der Waals surface area contributed by atoms with Crippen LogP contribution >= 0.6 is 0 Å². The third-order valence-corrected chi connectivity index (χ3v) is 3.38. The van der Waals surface area contributed by atoms with E-state index in [1.165, 1.54) is 0 Å². The molecule has 1 amide bonds. The first-order chi connectivity index (χ1) is 10.1. The maximum atomic E-state index is 11.9. The van der Waals surface area contributed by atoms with E-state index in [4.69, 9.17) is 10.5 Å². The van der Waals surface area contributed by atoms with Gasteiger partial charge in [0.15, 0.2) is 0 Å². The number of rotatable bonds is 7. The molecular weight excluding hydrogens is 264 g/mol. The number of nitrogens with zero attached hydrogens (tertiary/aromatic N) is 3. The van der Waals surface area contributed by atoms with Crippen LogP contribution in [0.5, 0.6) is 0 Å². The molecule has 1 N–H and O–H groups in total. The van der Waals surface area contributed by atoms with Crippen molar-refractivity contribution in [2.75, 3.05) is 18.9 Å². The molecule has 110 valence electrons. The monoisotopic (exact) mass is 284 g/mol. The van der Waals surface area contributed by atoms with Crippen molar-refractivity contribution < 1.29 is 4.79 Å². The zero-order valence-corrected chi connectivity index (χ0v) is 12.5. The molecule has 1 aromatic rings. The van der Waals surface area contributed by atoms with E-state index in [-0.39, 0.29) is 11.9 Å². The maximum absolute atomic E-state index is 11.9. The predicted molar refractivity (Wildman–Crippen MR) is 81.3 cm³/mol. The summed E-state index contributed by atoms with van der Waals surface area (Å²) in [4.78, 5) is 13.9. The van der Waals surface area contributed by atoms with E-state index in [0.29, 0.717) is 30.5 Å². The first-order valence-electron chi connectivity index (χ1n) is 6.94. The van der Waals surface area contributed by atoms with Crippen LogP contribution in [0.25, 0.3) is 0 Å². The van der Waals surface area contributed by atoms with Crippen molar-refractivity contribution in [1.82, 2.24) is 4.90 Å². The second kappa shape index (κ2) is 8.73. The second-order valence-corrected chi connectivity index (χ2v) is 5.00. The highest BCUT2D eigenvalue weighted by molar-refractivity contribution is 5.92. The van der Waals surface area contributed by atoms with Crippen LogP contribution in [-0.4, -0.2) is 30.4 Å². The van der Waals surface area contributed by atoms with Crippen LogP contribution in [0.1, 0.15) is 31.7 Å². The molecule has 0 heterocycles. The lowest BCUT2D eigenvalue weighted by Crippen LogP contribution is -2.30. The van der Waals surface area contributed by atoms with Crippen molar-refractivity contribution in [3.63, 3.8) is 0 Å². The zero-order chi connectivity index (χ0) is 15.7. The van der Waals surface area contributed by atoms with Crippen molar-refractivity contribution in [3.05, 3.63) is 29.8 Å². The van der Waals surface area contributed by atoms with Crippen molar-refractivity contribution in [2.24, 2.45) is 0 Å². The van der Waals surface area contributed by atoms with Gasteiger partial charge >= 0.3 is 0 Å². The van der Waals surface area contributed by atoms with Crippen LogP contribution in [0.4, 0.5) is 5.69 Å². The molecule has 21 heavy (non-hydrogen) atoms. The molecule has 1 aromatic carbocycles. The predicted octanol–water partition coefficient (Wildman–Crippen LogP) is 2.51. The first-order valence-corrected chi connectivity index (χ1v) is 6.94. The Morgan fingerprint density at radius 3 is 2.76 bits per heavy atom. The highest BCUT2D eigenvalue weighted by Gasteiger charge is 2.10. The van der Waals surface area contributed by atoms with Gasteiger partial charge in [-0.2, -0.15) is 10.5 Å². The molecule has 0 radical (unpaired) electrons. The van der Waals surface area contributed by atoms with Crippen LogP contribution in [0.15, 0.2) is 24.3 Å². The smallest absolute Gasteiger partial charge is 0.224 e. The van der Waals surface area contributed by atoms with Gasteiger partial charge in [0, 0.05) is 12.5 Å². The molecule has 1 rings (SSSR count). The van der Waals surface area contributed by atoms with Crippen LogP contribution in [0.3, 0.4) is 0 Å². The van der Waals surface area contributed by atoms with E-state index in [1.807, 2.05) is 14.0 Å². The van der Waals surface area contributed by atoms with E-state index < -0.39 is 0 Å². The number of amides is 1. The Kier molecular flexibility index (Phi) is 6.94. The molecule has 0 aliphatic carbocycles. The minimum Gasteiger partial charge on any atom is -0.325 e. The third-order valence-electron chi connectivity index (χ3n) is 3.38. The molecule has 0 saturated heterocycles. The van der Waals surface area contributed by atoms with Gasteiger partial charge in [0.1, 0.15) is 6.07 Å². The van der Waals surface area contributed by atoms with Gasteiger partial charge in [-0.3, -0.25) is 4.79 Å². The fourth-order valence-electron chi connectivity index (χ4n) is 1.90. The Labute approximate surface area is 125 Å². The van der Waals surface area contributed by atoms with E-state index in [1.54, 1.807) is 24.3 Å². The lowest BCUT2D eigenvalue weighted by Gasteiger charge is -2.22. The topological polar surface area (TPSA) is 79.9 Å². The van der Waals surface area contributed by atoms with Gasteiger partial charge in [0.25, 0.3) is 0 Å². The SMILES string of the molecule is CC(CC#N)N(C)CCCC(=O)Nc1ccccc1C#N. The number of para-hydroxylation sites is 1. The summed E-state index contributed by atoms with van der Waals surface area (Å²) in [6.07, 6.45) is 1.59. The van der Waals surface area contributed by atoms with Gasteiger partial charge in [-0.15, -0.1) is 0 Å².